The van der Waals surface area contributed by atoms with Crippen LogP contribution in [0.2, 0.25) is 0 Å². The molecular formula is C24H22FN3O4S. The number of sulfonamides is 1. The van der Waals surface area contributed by atoms with Crippen LogP contribution < -0.4 is 9.47 Å². The summed E-state index contributed by atoms with van der Waals surface area (Å²) in [6.07, 6.45) is 0. The van der Waals surface area contributed by atoms with Crippen LogP contribution in [0.4, 0.5) is 10.1 Å². The van der Waals surface area contributed by atoms with Crippen molar-refractivity contribution in [3.63, 3.8) is 0 Å². The SMILES string of the molecule is COc1cccc2c1Oc1ccccc1N=C2N1CCN(S(=O)(=O)c2ccc(F)cc2)CC1. The van der Waals surface area contributed by atoms with E-state index in [4.69, 9.17) is 14.5 Å². The highest BCUT2D eigenvalue weighted by atomic mass is 32.2. The largest absolute Gasteiger partial charge is 0.493 e. The molecule has 0 unspecified atom stereocenters. The van der Waals surface area contributed by atoms with Gasteiger partial charge in [-0.05, 0) is 48.5 Å². The van der Waals surface area contributed by atoms with Gasteiger partial charge in [-0.2, -0.15) is 4.31 Å². The lowest BCUT2D eigenvalue weighted by atomic mass is 10.1. The number of rotatable bonds is 3. The van der Waals surface area contributed by atoms with Crippen molar-refractivity contribution in [3.8, 4) is 17.2 Å². The highest BCUT2D eigenvalue weighted by molar-refractivity contribution is 7.89. The molecule has 9 heteroatoms. The molecule has 0 aliphatic carbocycles. The van der Waals surface area contributed by atoms with E-state index < -0.39 is 15.8 Å². The maximum atomic E-state index is 13.2. The molecule has 0 spiro atoms. The van der Waals surface area contributed by atoms with E-state index >= 15 is 0 Å². The summed E-state index contributed by atoms with van der Waals surface area (Å²) >= 11 is 0. The van der Waals surface area contributed by atoms with Crippen molar-refractivity contribution < 1.29 is 22.3 Å². The number of hydrogen-bond acceptors (Lipinski definition) is 6. The molecule has 7 nitrogen and oxygen atoms in total. The van der Waals surface area contributed by atoms with Gasteiger partial charge in [0.1, 0.15) is 17.3 Å². The monoisotopic (exact) mass is 467 g/mol. The Morgan fingerprint density at radius 1 is 0.939 bits per heavy atom. The summed E-state index contributed by atoms with van der Waals surface area (Å²) in [6, 6.07) is 18.0. The van der Waals surface area contributed by atoms with Crippen LogP contribution in [0.15, 0.2) is 76.6 Å². The lowest BCUT2D eigenvalue weighted by molar-refractivity contribution is 0.266. The average molecular weight is 468 g/mol. The highest BCUT2D eigenvalue weighted by Gasteiger charge is 2.32. The number of nitrogens with zero attached hydrogens (tertiary/aromatic N) is 3. The van der Waals surface area contributed by atoms with Crippen molar-refractivity contribution in [2.75, 3.05) is 33.3 Å². The molecule has 2 heterocycles. The van der Waals surface area contributed by atoms with Gasteiger partial charge in [0, 0.05) is 26.2 Å². The van der Waals surface area contributed by atoms with Gasteiger partial charge >= 0.3 is 0 Å². The van der Waals surface area contributed by atoms with Crippen molar-refractivity contribution >= 4 is 21.5 Å². The summed E-state index contributed by atoms with van der Waals surface area (Å²) < 4.78 is 52.4. The Morgan fingerprint density at radius 3 is 2.39 bits per heavy atom. The summed E-state index contributed by atoms with van der Waals surface area (Å²) in [5, 5.41) is 0. The van der Waals surface area contributed by atoms with Crippen LogP contribution in [0.3, 0.4) is 0 Å². The zero-order valence-corrected chi connectivity index (χ0v) is 18.8. The van der Waals surface area contributed by atoms with E-state index in [1.54, 1.807) is 7.11 Å². The first-order valence-electron chi connectivity index (χ1n) is 10.5. The number of piperazine rings is 1. The first kappa shape index (κ1) is 21.4. The molecule has 2 aliphatic rings. The van der Waals surface area contributed by atoms with Crippen LogP contribution in [-0.2, 0) is 10.0 Å². The third-order valence-corrected chi connectivity index (χ3v) is 7.65. The summed E-state index contributed by atoms with van der Waals surface area (Å²) in [4.78, 5) is 7.03. The van der Waals surface area contributed by atoms with Gasteiger partial charge in [0.2, 0.25) is 10.0 Å². The quantitative estimate of drug-likeness (QED) is 0.582. The van der Waals surface area contributed by atoms with Crippen LogP contribution in [0.1, 0.15) is 5.56 Å². The Hall–Kier alpha value is -3.43. The van der Waals surface area contributed by atoms with E-state index in [0.717, 1.165) is 17.7 Å². The molecule has 2 aliphatic heterocycles. The van der Waals surface area contributed by atoms with Crippen molar-refractivity contribution in [1.82, 2.24) is 9.21 Å². The van der Waals surface area contributed by atoms with Gasteiger partial charge in [-0.15, -0.1) is 0 Å². The summed E-state index contributed by atoms with van der Waals surface area (Å²) in [7, 11) is -2.12. The minimum Gasteiger partial charge on any atom is -0.493 e. The molecule has 1 saturated heterocycles. The molecule has 0 aromatic heterocycles. The van der Waals surface area contributed by atoms with Crippen LogP contribution in [0.5, 0.6) is 17.2 Å². The predicted octanol–water partition coefficient (Wildman–Crippen LogP) is 4.02. The molecule has 1 fully saturated rings. The Morgan fingerprint density at radius 2 is 1.67 bits per heavy atom. The standard InChI is InChI=1S/C24H22FN3O4S/c1-31-22-8-4-5-19-23(22)32-21-7-3-2-6-20(21)26-24(19)27-13-15-28(16-14-27)33(29,30)18-11-9-17(25)10-12-18/h2-12H,13-16H2,1H3. The lowest BCUT2D eigenvalue weighted by Crippen LogP contribution is -2.50. The fourth-order valence-corrected chi connectivity index (χ4v) is 5.44. The molecule has 3 aromatic carbocycles. The molecule has 0 radical (unpaired) electrons. The predicted molar refractivity (Wildman–Crippen MR) is 122 cm³/mol. The second-order valence-corrected chi connectivity index (χ2v) is 9.63. The minimum atomic E-state index is -3.70. The van der Waals surface area contributed by atoms with Gasteiger partial charge in [0.05, 0.1) is 17.6 Å². The van der Waals surface area contributed by atoms with Crippen LogP contribution in [0.25, 0.3) is 0 Å². The molecular weight excluding hydrogens is 445 g/mol. The number of benzene rings is 3. The first-order valence-corrected chi connectivity index (χ1v) is 11.9. The third kappa shape index (κ3) is 3.94. The molecule has 0 N–H and O–H groups in total. The van der Waals surface area contributed by atoms with Gasteiger partial charge < -0.3 is 14.4 Å². The molecule has 5 rings (SSSR count). The topological polar surface area (TPSA) is 71.4 Å². The van der Waals surface area contributed by atoms with Gasteiger partial charge in [0.25, 0.3) is 0 Å². The molecule has 33 heavy (non-hydrogen) atoms. The number of halogens is 1. The molecule has 3 aromatic rings. The molecule has 0 amide bonds. The van der Waals surface area contributed by atoms with Crippen LogP contribution in [-0.4, -0.2) is 56.7 Å². The zero-order chi connectivity index (χ0) is 23.0. The van der Waals surface area contributed by atoms with Gasteiger partial charge in [0.15, 0.2) is 17.2 Å². The zero-order valence-electron chi connectivity index (χ0n) is 17.9. The number of fused-ring (bicyclic) bond motifs is 2. The Balaban J connectivity index is 1.46. The van der Waals surface area contributed by atoms with E-state index in [1.807, 2.05) is 42.5 Å². The second-order valence-electron chi connectivity index (χ2n) is 7.69. The molecule has 170 valence electrons. The normalized spacial score (nSPS) is 16.2. The van der Waals surface area contributed by atoms with Gasteiger partial charge in [-0.3, -0.25) is 0 Å². The molecule has 0 saturated carbocycles. The van der Waals surface area contributed by atoms with Crippen molar-refractivity contribution in [3.05, 3.63) is 78.1 Å². The number of amidine groups is 1. The van der Waals surface area contributed by atoms with Gasteiger partial charge in [-0.25, -0.2) is 17.8 Å². The lowest BCUT2D eigenvalue weighted by Gasteiger charge is -2.36. The maximum Gasteiger partial charge on any atom is 0.243 e. The number of ether oxygens (including phenoxy) is 2. The number of aliphatic imine (C=N–C) groups is 1. The number of hydrogen-bond donors (Lipinski definition) is 0. The van der Waals surface area contributed by atoms with Crippen molar-refractivity contribution in [1.29, 1.82) is 0 Å². The maximum absolute atomic E-state index is 13.2. The number of methoxy groups -OCH3 is 1. The molecule has 0 atom stereocenters. The van der Waals surface area contributed by atoms with Crippen LogP contribution >= 0.6 is 0 Å². The smallest absolute Gasteiger partial charge is 0.243 e. The van der Waals surface area contributed by atoms with E-state index in [1.165, 1.54) is 16.4 Å². The summed E-state index contributed by atoms with van der Waals surface area (Å²) in [5.74, 6) is 2.02. The van der Waals surface area contributed by atoms with E-state index in [0.29, 0.717) is 41.9 Å². The second kappa shape index (κ2) is 8.49. The van der Waals surface area contributed by atoms with E-state index in [-0.39, 0.29) is 18.0 Å². The summed E-state index contributed by atoms with van der Waals surface area (Å²) in [6.45, 7) is 1.44. The first-order chi connectivity index (χ1) is 16.0. The third-order valence-electron chi connectivity index (χ3n) is 5.73. The Bertz CT molecular complexity index is 1320. The Labute approximate surface area is 191 Å². The van der Waals surface area contributed by atoms with Crippen molar-refractivity contribution in [2.24, 2.45) is 4.99 Å². The Kier molecular flexibility index (Phi) is 5.51. The van der Waals surface area contributed by atoms with E-state index in [9.17, 15) is 12.8 Å². The van der Waals surface area contributed by atoms with Gasteiger partial charge in [-0.1, -0.05) is 18.2 Å². The highest BCUT2D eigenvalue weighted by Crippen LogP contribution is 2.42. The van der Waals surface area contributed by atoms with Crippen LogP contribution in [0, 0.1) is 5.82 Å². The van der Waals surface area contributed by atoms with E-state index in [2.05, 4.69) is 4.90 Å². The number of para-hydroxylation sites is 3. The fourth-order valence-electron chi connectivity index (χ4n) is 4.01. The fraction of sp³-hybridized carbons (Fsp3) is 0.208. The summed E-state index contributed by atoms with van der Waals surface area (Å²) in [5.41, 5.74) is 1.47. The average Bonchev–Trinajstić information content (AvgIpc) is 3.01. The molecule has 0 bridgehead atoms. The van der Waals surface area contributed by atoms with Crippen molar-refractivity contribution in [2.45, 2.75) is 4.90 Å². The minimum absolute atomic E-state index is 0.0848.